The normalized spacial score (nSPS) is 12.9. The van der Waals surface area contributed by atoms with Crippen LogP contribution in [0.15, 0.2) is 72.1 Å². The van der Waals surface area contributed by atoms with Gasteiger partial charge in [-0.15, -0.1) is 16.4 Å². The number of rotatable bonds is 7. The molecular weight excluding hydrogens is 409 g/mol. The zero-order valence-electron chi connectivity index (χ0n) is 17.9. The van der Waals surface area contributed by atoms with Crippen LogP contribution in [0.3, 0.4) is 0 Å². The van der Waals surface area contributed by atoms with E-state index in [1.165, 1.54) is 22.6 Å². The highest BCUT2D eigenvalue weighted by atomic mass is 32.1. The van der Waals surface area contributed by atoms with Crippen molar-refractivity contribution >= 4 is 11.3 Å². The Bertz CT molecular complexity index is 1090. The van der Waals surface area contributed by atoms with Crippen LogP contribution in [0, 0.1) is 5.82 Å². The van der Waals surface area contributed by atoms with Crippen LogP contribution in [0.1, 0.15) is 48.6 Å². The molecule has 0 N–H and O–H groups in total. The van der Waals surface area contributed by atoms with Crippen LogP contribution in [0.5, 0.6) is 0 Å². The van der Waals surface area contributed by atoms with E-state index in [-0.39, 0.29) is 17.4 Å². The first kappa shape index (κ1) is 21.3. The van der Waals surface area contributed by atoms with Crippen LogP contribution < -0.4 is 0 Å². The zero-order valence-corrected chi connectivity index (χ0v) is 18.8. The Morgan fingerprint density at radius 1 is 0.935 bits per heavy atom. The third-order valence-corrected chi connectivity index (χ3v) is 6.00. The molecule has 0 aliphatic carbocycles. The van der Waals surface area contributed by atoms with Crippen LogP contribution >= 0.6 is 11.3 Å². The molecule has 0 fully saturated rings. The number of thiophene rings is 1. The first-order valence-corrected chi connectivity index (χ1v) is 11.1. The number of tetrazole rings is 1. The van der Waals surface area contributed by atoms with Gasteiger partial charge in [0.25, 0.3) is 0 Å². The largest absolute Gasteiger partial charge is 0.280 e. The van der Waals surface area contributed by atoms with E-state index in [1.54, 1.807) is 11.3 Å². The van der Waals surface area contributed by atoms with E-state index in [1.807, 2.05) is 35.0 Å². The van der Waals surface area contributed by atoms with Gasteiger partial charge in [-0.05, 0) is 65.9 Å². The van der Waals surface area contributed by atoms with Gasteiger partial charge >= 0.3 is 0 Å². The second-order valence-electron chi connectivity index (χ2n) is 8.55. The number of hydrogen-bond donors (Lipinski definition) is 0. The molecular formula is C24H26FN5S. The van der Waals surface area contributed by atoms with E-state index in [0.29, 0.717) is 13.1 Å². The molecule has 0 aliphatic rings. The first-order valence-electron chi connectivity index (χ1n) is 10.3. The summed E-state index contributed by atoms with van der Waals surface area (Å²) in [4.78, 5) is 3.51. The van der Waals surface area contributed by atoms with E-state index < -0.39 is 0 Å². The van der Waals surface area contributed by atoms with E-state index in [2.05, 4.69) is 70.8 Å². The molecule has 31 heavy (non-hydrogen) atoms. The molecule has 4 aromatic rings. The second-order valence-corrected chi connectivity index (χ2v) is 9.53. The lowest BCUT2D eigenvalue weighted by atomic mass is 10.1. The van der Waals surface area contributed by atoms with Gasteiger partial charge in [-0.1, -0.05) is 48.5 Å². The average Bonchev–Trinajstić information content (AvgIpc) is 3.43. The summed E-state index contributed by atoms with van der Waals surface area (Å²) in [5.74, 6) is 0.567. The van der Waals surface area contributed by atoms with Gasteiger partial charge in [-0.25, -0.2) is 9.07 Å². The van der Waals surface area contributed by atoms with Crippen molar-refractivity contribution in [1.29, 1.82) is 0 Å². The molecule has 2 aromatic heterocycles. The fourth-order valence-electron chi connectivity index (χ4n) is 3.64. The van der Waals surface area contributed by atoms with Crippen molar-refractivity contribution < 1.29 is 4.39 Å². The van der Waals surface area contributed by atoms with Gasteiger partial charge in [0.2, 0.25) is 0 Å². The van der Waals surface area contributed by atoms with Crippen molar-refractivity contribution in [1.82, 2.24) is 25.1 Å². The smallest absolute Gasteiger partial charge is 0.174 e. The lowest BCUT2D eigenvalue weighted by Gasteiger charge is -2.32. The molecule has 7 heteroatoms. The molecule has 160 valence electrons. The summed E-state index contributed by atoms with van der Waals surface area (Å²) in [6.07, 6.45) is 0. The summed E-state index contributed by atoms with van der Waals surface area (Å²) < 4.78 is 15.4. The summed E-state index contributed by atoms with van der Waals surface area (Å²) in [5.41, 5.74) is 1.97. The average molecular weight is 436 g/mol. The maximum Gasteiger partial charge on any atom is 0.174 e. The predicted molar refractivity (Wildman–Crippen MR) is 121 cm³/mol. The van der Waals surface area contributed by atoms with Crippen LogP contribution in [-0.2, 0) is 18.6 Å². The van der Waals surface area contributed by atoms with Gasteiger partial charge in [-0.3, -0.25) is 4.90 Å². The van der Waals surface area contributed by atoms with Gasteiger partial charge in [0.15, 0.2) is 5.82 Å². The van der Waals surface area contributed by atoms with Crippen molar-refractivity contribution in [2.45, 2.75) is 45.4 Å². The Morgan fingerprint density at radius 2 is 1.61 bits per heavy atom. The molecule has 0 saturated heterocycles. The van der Waals surface area contributed by atoms with Crippen LogP contribution in [0.25, 0.3) is 0 Å². The maximum absolute atomic E-state index is 13.5. The summed E-state index contributed by atoms with van der Waals surface area (Å²) in [6, 6.07) is 21.1. The molecule has 4 rings (SSSR count). The predicted octanol–water partition coefficient (Wildman–Crippen LogP) is 5.42. The van der Waals surface area contributed by atoms with Crippen molar-refractivity contribution in [3.8, 4) is 0 Å². The SMILES string of the molecule is CC(C)(C)n1nnnc1[C@@H](c1cccs1)N(Cc1ccccc1)Cc1ccc(F)cc1. The summed E-state index contributed by atoms with van der Waals surface area (Å²) in [7, 11) is 0. The summed E-state index contributed by atoms with van der Waals surface area (Å²) >= 11 is 1.69. The van der Waals surface area contributed by atoms with Gasteiger partial charge in [0, 0.05) is 18.0 Å². The Kier molecular flexibility index (Phi) is 6.25. The van der Waals surface area contributed by atoms with Crippen molar-refractivity contribution in [3.05, 3.63) is 99.8 Å². The molecule has 0 saturated carbocycles. The standard InChI is InChI=1S/C24H26FN5S/c1-24(2,3)30-23(26-27-28-30)22(21-10-7-15-31-21)29(16-18-8-5-4-6-9-18)17-19-11-13-20(25)14-12-19/h4-15,22H,16-17H2,1-3H3/t22-/m1/s1. The number of hydrogen-bond acceptors (Lipinski definition) is 5. The van der Waals surface area contributed by atoms with E-state index >= 15 is 0 Å². The molecule has 0 amide bonds. The highest BCUT2D eigenvalue weighted by Crippen LogP contribution is 2.34. The molecule has 0 radical (unpaired) electrons. The third-order valence-electron chi connectivity index (χ3n) is 5.08. The van der Waals surface area contributed by atoms with Crippen molar-refractivity contribution in [3.63, 3.8) is 0 Å². The third kappa shape index (κ3) is 5.06. The first-order chi connectivity index (χ1) is 14.9. The Hall–Kier alpha value is -2.90. The zero-order chi connectivity index (χ0) is 21.8. The van der Waals surface area contributed by atoms with Crippen LogP contribution in [-0.4, -0.2) is 25.1 Å². The summed E-state index contributed by atoms with van der Waals surface area (Å²) in [6.45, 7) is 7.63. The van der Waals surface area contributed by atoms with E-state index in [0.717, 1.165) is 11.4 Å². The molecule has 2 heterocycles. The van der Waals surface area contributed by atoms with Crippen LogP contribution in [0.2, 0.25) is 0 Å². The fraction of sp³-hybridized carbons (Fsp3) is 0.292. The quantitative estimate of drug-likeness (QED) is 0.389. The lowest BCUT2D eigenvalue weighted by molar-refractivity contribution is 0.188. The Balaban J connectivity index is 1.79. The molecule has 0 unspecified atom stereocenters. The minimum atomic E-state index is -0.261. The molecule has 0 spiro atoms. The number of halogens is 1. The fourth-order valence-corrected chi connectivity index (χ4v) is 4.50. The van der Waals surface area contributed by atoms with Crippen molar-refractivity contribution in [2.24, 2.45) is 0 Å². The highest BCUT2D eigenvalue weighted by molar-refractivity contribution is 7.10. The van der Waals surface area contributed by atoms with Crippen LogP contribution in [0.4, 0.5) is 4.39 Å². The van der Waals surface area contributed by atoms with Crippen molar-refractivity contribution in [2.75, 3.05) is 0 Å². The van der Waals surface area contributed by atoms with E-state index in [9.17, 15) is 4.39 Å². The molecule has 5 nitrogen and oxygen atoms in total. The van der Waals surface area contributed by atoms with Gasteiger partial charge in [0.05, 0.1) is 5.54 Å². The maximum atomic E-state index is 13.5. The minimum absolute atomic E-state index is 0.139. The molecule has 2 aromatic carbocycles. The number of nitrogens with zero attached hydrogens (tertiary/aromatic N) is 5. The van der Waals surface area contributed by atoms with Gasteiger partial charge < -0.3 is 0 Å². The monoisotopic (exact) mass is 435 g/mol. The Morgan fingerprint density at radius 3 is 2.23 bits per heavy atom. The van der Waals surface area contributed by atoms with Gasteiger partial charge in [0.1, 0.15) is 11.9 Å². The number of aromatic nitrogens is 4. The highest BCUT2D eigenvalue weighted by Gasteiger charge is 2.32. The van der Waals surface area contributed by atoms with E-state index in [4.69, 9.17) is 0 Å². The summed E-state index contributed by atoms with van der Waals surface area (Å²) in [5, 5.41) is 14.9. The van der Waals surface area contributed by atoms with Gasteiger partial charge in [-0.2, -0.15) is 0 Å². The minimum Gasteiger partial charge on any atom is -0.280 e. The molecule has 0 aliphatic heterocycles. The topological polar surface area (TPSA) is 46.8 Å². The lowest BCUT2D eigenvalue weighted by Crippen LogP contribution is -2.34. The molecule has 1 atom stereocenters. The number of benzene rings is 2. The Labute approximate surface area is 186 Å². The molecule has 0 bridgehead atoms. The second kappa shape index (κ2) is 9.08.